The number of piperidine rings is 1. The van der Waals surface area contributed by atoms with Gasteiger partial charge in [-0.15, -0.1) is 0 Å². The number of anilines is 2. The Morgan fingerprint density at radius 2 is 1.76 bits per heavy atom. The summed E-state index contributed by atoms with van der Waals surface area (Å²) >= 11 is 0. The zero-order valence-corrected chi connectivity index (χ0v) is 29.9. The predicted molar refractivity (Wildman–Crippen MR) is 193 cm³/mol. The molecule has 3 fully saturated rings. The molecule has 288 valence electrons. The fourth-order valence-corrected chi connectivity index (χ4v) is 8.17. The van der Waals surface area contributed by atoms with Gasteiger partial charge in [0.05, 0.1) is 29.0 Å². The van der Waals surface area contributed by atoms with Crippen LogP contribution in [0.3, 0.4) is 0 Å². The normalized spacial score (nSPS) is 21.3. The first-order valence-corrected chi connectivity index (χ1v) is 18.2. The fraction of sp³-hybridized carbons (Fsp3) is 0.432. The molecule has 1 aliphatic carbocycles. The van der Waals surface area contributed by atoms with Gasteiger partial charge in [0, 0.05) is 57.8 Å². The molecule has 2 saturated heterocycles. The summed E-state index contributed by atoms with van der Waals surface area (Å²) in [5, 5.41) is 10.3. The standard InChI is InChI=1S/C37H38F4N10O4/c1-47-33-27(51(36(47)55)28-11-12-31(52)45-35(28)54)10-9-24(38)32(33)49-15-13-48(14-16-49)19-21-5-7-23(8-6-21)50-20-22-17-30(42-18-26(22)46-50)44-34(53)25-3-2-4-29(43-25)37(39,40)41/h2-4,9-10,17-18,20-21,23,28H,5-8,11-16,19H2,1H3,(H,44,53)(H,45,52,54). The number of imide groups is 1. The number of aromatic nitrogens is 6. The first kappa shape index (κ1) is 36.3. The summed E-state index contributed by atoms with van der Waals surface area (Å²) in [5.41, 5.74) is -0.101. The molecule has 3 aliphatic rings. The fourth-order valence-electron chi connectivity index (χ4n) is 8.17. The minimum Gasteiger partial charge on any atom is -0.365 e. The summed E-state index contributed by atoms with van der Waals surface area (Å²) in [6, 6.07) is 6.96. The van der Waals surface area contributed by atoms with E-state index in [0.29, 0.717) is 41.2 Å². The molecule has 1 atom stereocenters. The maximum Gasteiger partial charge on any atom is 0.433 e. The lowest BCUT2D eigenvalue weighted by Gasteiger charge is -2.39. The largest absolute Gasteiger partial charge is 0.433 e. The molecule has 6 heterocycles. The number of alkyl halides is 3. The van der Waals surface area contributed by atoms with Crippen molar-refractivity contribution in [1.82, 2.24) is 39.1 Å². The Hall–Kier alpha value is -5.65. The number of imidazole rings is 1. The van der Waals surface area contributed by atoms with Gasteiger partial charge in [-0.05, 0) is 68.4 Å². The monoisotopic (exact) mass is 762 g/mol. The molecule has 18 heteroatoms. The SMILES string of the molecule is Cn1c(=O)n(C2CCC(=O)NC2=O)c2ccc(F)c(N3CCN(CC4CCC(n5cc6cc(NC(=O)c7cccc(C(F)(F)F)n7)ncc6n5)CC4)CC3)c21. The number of fused-ring (bicyclic) bond motifs is 2. The van der Waals surface area contributed by atoms with E-state index in [4.69, 9.17) is 5.10 Å². The zero-order chi connectivity index (χ0) is 38.6. The maximum atomic E-state index is 15.5. The number of hydrogen-bond donors (Lipinski definition) is 2. The van der Waals surface area contributed by atoms with Crippen molar-refractivity contribution in [3.05, 3.63) is 76.5 Å². The Morgan fingerprint density at radius 1 is 1.00 bits per heavy atom. The number of aryl methyl sites for hydroxylation is 1. The van der Waals surface area contributed by atoms with E-state index in [1.54, 1.807) is 13.1 Å². The average molecular weight is 763 g/mol. The molecule has 3 amide bonds. The van der Waals surface area contributed by atoms with Gasteiger partial charge in [-0.1, -0.05) is 6.07 Å². The second-order valence-electron chi connectivity index (χ2n) is 14.5. The van der Waals surface area contributed by atoms with Crippen LogP contribution in [-0.4, -0.2) is 84.2 Å². The van der Waals surface area contributed by atoms with Crippen LogP contribution in [0.25, 0.3) is 21.9 Å². The van der Waals surface area contributed by atoms with Gasteiger partial charge in [-0.3, -0.25) is 38.4 Å². The molecule has 55 heavy (non-hydrogen) atoms. The molecule has 2 aliphatic heterocycles. The molecule has 2 N–H and O–H groups in total. The number of carbonyl (C=O) groups is 3. The molecule has 0 bridgehead atoms. The minimum atomic E-state index is -4.67. The highest BCUT2D eigenvalue weighted by Gasteiger charge is 2.35. The Bertz CT molecular complexity index is 2370. The summed E-state index contributed by atoms with van der Waals surface area (Å²) in [5.74, 6) is -1.50. The van der Waals surface area contributed by atoms with E-state index in [0.717, 1.165) is 62.8 Å². The summed E-state index contributed by atoms with van der Waals surface area (Å²) in [6.45, 7) is 3.48. The number of rotatable bonds is 7. The van der Waals surface area contributed by atoms with Gasteiger partial charge in [0.25, 0.3) is 5.91 Å². The zero-order valence-electron chi connectivity index (χ0n) is 29.9. The van der Waals surface area contributed by atoms with E-state index in [1.165, 1.54) is 33.5 Å². The van der Waals surface area contributed by atoms with Gasteiger partial charge in [0.2, 0.25) is 11.8 Å². The van der Waals surface area contributed by atoms with E-state index < -0.39 is 41.2 Å². The minimum absolute atomic E-state index is 0.121. The van der Waals surface area contributed by atoms with Crippen molar-refractivity contribution in [2.24, 2.45) is 13.0 Å². The molecule has 14 nitrogen and oxygen atoms in total. The van der Waals surface area contributed by atoms with Crippen molar-refractivity contribution in [3.8, 4) is 0 Å². The van der Waals surface area contributed by atoms with E-state index in [-0.39, 0.29) is 36.3 Å². The van der Waals surface area contributed by atoms with Crippen LogP contribution in [0.4, 0.5) is 29.1 Å². The van der Waals surface area contributed by atoms with Crippen LogP contribution >= 0.6 is 0 Å². The Labute approximate surface area is 311 Å². The highest BCUT2D eigenvalue weighted by Crippen LogP contribution is 2.36. The Kier molecular flexibility index (Phi) is 9.39. The summed E-state index contributed by atoms with van der Waals surface area (Å²) in [7, 11) is 1.58. The predicted octanol–water partition coefficient (Wildman–Crippen LogP) is 4.42. The number of amides is 3. The summed E-state index contributed by atoms with van der Waals surface area (Å²) < 4.78 is 59.4. The highest BCUT2D eigenvalue weighted by molar-refractivity contribution is 6.03. The lowest BCUT2D eigenvalue weighted by molar-refractivity contribution is -0.141. The molecule has 0 spiro atoms. The number of pyridine rings is 2. The third-order valence-corrected chi connectivity index (χ3v) is 11.0. The first-order chi connectivity index (χ1) is 26.3. The molecular formula is C37H38F4N10O4. The second kappa shape index (κ2) is 14.2. The Balaban J connectivity index is 0.868. The number of nitrogens with zero attached hydrogens (tertiary/aromatic N) is 8. The molecule has 1 unspecified atom stereocenters. The quantitative estimate of drug-likeness (QED) is 0.181. The van der Waals surface area contributed by atoms with Crippen LogP contribution in [0.1, 0.15) is 66.8 Å². The van der Waals surface area contributed by atoms with E-state index >= 15 is 4.39 Å². The van der Waals surface area contributed by atoms with Crippen molar-refractivity contribution in [1.29, 1.82) is 0 Å². The summed E-state index contributed by atoms with van der Waals surface area (Å²) in [6.07, 6.45) is 2.89. The number of piperazine rings is 1. The van der Waals surface area contributed by atoms with Gasteiger partial charge >= 0.3 is 11.9 Å². The smallest absolute Gasteiger partial charge is 0.365 e. The maximum absolute atomic E-state index is 15.5. The molecule has 4 aromatic heterocycles. The summed E-state index contributed by atoms with van der Waals surface area (Å²) in [4.78, 5) is 62.4. The number of halogens is 4. The molecule has 1 saturated carbocycles. The van der Waals surface area contributed by atoms with Crippen LogP contribution < -0.4 is 21.2 Å². The van der Waals surface area contributed by atoms with Gasteiger partial charge in [0.15, 0.2) is 0 Å². The molecule has 8 rings (SSSR count). The second-order valence-corrected chi connectivity index (χ2v) is 14.5. The third-order valence-electron chi connectivity index (χ3n) is 11.0. The van der Waals surface area contributed by atoms with E-state index in [9.17, 15) is 32.3 Å². The van der Waals surface area contributed by atoms with Crippen molar-refractivity contribution >= 4 is 51.2 Å². The van der Waals surface area contributed by atoms with Crippen LogP contribution in [0.2, 0.25) is 0 Å². The average Bonchev–Trinajstić information content (AvgIpc) is 3.70. The number of benzene rings is 1. The first-order valence-electron chi connectivity index (χ1n) is 18.2. The van der Waals surface area contributed by atoms with Crippen LogP contribution in [0, 0.1) is 11.7 Å². The van der Waals surface area contributed by atoms with Gasteiger partial charge in [-0.2, -0.15) is 18.3 Å². The molecule has 5 aromatic rings. The number of nitrogens with one attached hydrogen (secondary N) is 2. The van der Waals surface area contributed by atoms with Crippen molar-refractivity contribution in [2.75, 3.05) is 42.9 Å². The highest BCUT2D eigenvalue weighted by atomic mass is 19.4. The van der Waals surface area contributed by atoms with Crippen LogP contribution in [0.5, 0.6) is 0 Å². The third kappa shape index (κ3) is 7.05. The lowest BCUT2D eigenvalue weighted by atomic mass is 9.85. The van der Waals surface area contributed by atoms with E-state index in [1.807, 2.05) is 15.8 Å². The number of carbonyl (C=O) groups excluding carboxylic acids is 3. The van der Waals surface area contributed by atoms with Crippen molar-refractivity contribution < 1.29 is 31.9 Å². The van der Waals surface area contributed by atoms with E-state index in [2.05, 4.69) is 25.5 Å². The van der Waals surface area contributed by atoms with Crippen LogP contribution in [-0.2, 0) is 22.8 Å². The van der Waals surface area contributed by atoms with Crippen LogP contribution in [0.15, 0.2) is 53.6 Å². The molecule has 1 aromatic carbocycles. The van der Waals surface area contributed by atoms with Gasteiger partial charge in [0.1, 0.15) is 34.6 Å². The van der Waals surface area contributed by atoms with Gasteiger partial charge in [-0.25, -0.2) is 19.2 Å². The number of hydrogen-bond acceptors (Lipinski definition) is 9. The van der Waals surface area contributed by atoms with Crippen molar-refractivity contribution in [2.45, 2.75) is 56.8 Å². The Morgan fingerprint density at radius 3 is 2.49 bits per heavy atom. The van der Waals surface area contributed by atoms with Gasteiger partial charge < -0.3 is 10.2 Å². The van der Waals surface area contributed by atoms with Crippen molar-refractivity contribution in [3.63, 3.8) is 0 Å². The topological polar surface area (TPSA) is 152 Å². The molecule has 0 radical (unpaired) electrons. The molecular weight excluding hydrogens is 724 g/mol. The lowest BCUT2D eigenvalue weighted by Crippen LogP contribution is -2.48.